The third-order valence-corrected chi connectivity index (χ3v) is 3.60. The Balaban J connectivity index is 2.14. The number of hydrogen-bond donors (Lipinski definition) is 0. The zero-order chi connectivity index (χ0) is 18.8. The first-order valence-electron chi connectivity index (χ1n) is 7.62. The summed E-state index contributed by atoms with van der Waals surface area (Å²) >= 11 is 0. The number of aryl methyl sites for hydroxylation is 1. The molecule has 0 saturated heterocycles. The van der Waals surface area contributed by atoms with Gasteiger partial charge in [-0.3, -0.25) is 0 Å². The number of esters is 1. The lowest BCUT2D eigenvalue weighted by molar-refractivity contribution is -0.164. The van der Waals surface area contributed by atoms with Crippen LogP contribution >= 0.6 is 0 Å². The number of carbonyl (C=O) groups is 1. The second-order valence-corrected chi connectivity index (χ2v) is 6.35. The molecular weight excluding hydrogens is 333 g/mol. The van der Waals surface area contributed by atoms with Gasteiger partial charge in [0.15, 0.2) is 0 Å². The van der Waals surface area contributed by atoms with E-state index in [0.717, 1.165) is 16.3 Å². The first kappa shape index (κ1) is 18.8. The molecule has 6 heteroatoms. The molecule has 0 aliphatic rings. The molecule has 0 heterocycles. The fourth-order valence-electron chi connectivity index (χ4n) is 2.25. The summed E-state index contributed by atoms with van der Waals surface area (Å²) in [6.45, 7) is 7.47. The largest absolute Gasteiger partial charge is 0.489 e. The van der Waals surface area contributed by atoms with Crippen molar-refractivity contribution in [1.82, 2.24) is 0 Å². The summed E-state index contributed by atoms with van der Waals surface area (Å²) < 4.78 is 48.3. The van der Waals surface area contributed by atoms with Crippen LogP contribution in [0.15, 0.2) is 48.6 Å². The zero-order valence-electron chi connectivity index (χ0n) is 14.2. The Bertz CT molecular complexity index is 807. The number of alkyl halides is 3. The standard InChI is InChI=1S/C19H19F3O3/c1-12-9-10-14-7-5-6-8-15(14)16(12)24-11-18(3,4)25-17(23)13(2)19(20,21)22/h5-10H,2,11H2,1,3-4H3. The molecule has 25 heavy (non-hydrogen) atoms. The Kier molecular flexibility index (Phi) is 5.11. The van der Waals surface area contributed by atoms with Crippen molar-refractivity contribution in [1.29, 1.82) is 0 Å². The zero-order valence-corrected chi connectivity index (χ0v) is 14.2. The lowest BCUT2D eigenvalue weighted by Gasteiger charge is -2.26. The van der Waals surface area contributed by atoms with Crippen molar-refractivity contribution >= 4 is 16.7 Å². The molecule has 0 aliphatic heterocycles. The van der Waals surface area contributed by atoms with E-state index >= 15 is 0 Å². The maximum Gasteiger partial charge on any atom is 0.422 e. The second-order valence-electron chi connectivity index (χ2n) is 6.35. The van der Waals surface area contributed by atoms with Crippen LogP contribution in [0.25, 0.3) is 10.8 Å². The van der Waals surface area contributed by atoms with Gasteiger partial charge in [0.05, 0.1) is 0 Å². The minimum Gasteiger partial charge on any atom is -0.489 e. The Morgan fingerprint density at radius 1 is 1.12 bits per heavy atom. The molecule has 2 aromatic carbocycles. The molecule has 0 amide bonds. The van der Waals surface area contributed by atoms with Gasteiger partial charge in [0.2, 0.25) is 0 Å². The van der Waals surface area contributed by atoms with Crippen LogP contribution in [0.1, 0.15) is 19.4 Å². The van der Waals surface area contributed by atoms with Crippen LogP contribution in [0.2, 0.25) is 0 Å². The Hall–Kier alpha value is -2.50. The lowest BCUT2D eigenvalue weighted by atomic mass is 10.1. The monoisotopic (exact) mass is 352 g/mol. The van der Waals surface area contributed by atoms with Gasteiger partial charge in [-0.25, -0.2) is 4.79 Å². The van der Waals surface area contributed by atoms with Crippen LogP contribution in [-0.4, -0.2) is 24.4 Å². The minimum absolute atomic E-state index is 0.0985. The van der Waals surface area contributed by atoms with E-state index in [9.17, 15) is 18.0 Å². The van der Waals surface area contributed by atoms with Crippen LogP contribution in [-0.2, 0) is 9.53 Å². The maximum absolute atomic E-state index is 12.5. The number of hydrogen-bond acceptors (Lipinski definition) is 3. The first-order valence-corrected chi connectivity index (χ1v) is 7.62. The van der Waals surface area contributed by atoms with Crippen molar-refractivity contribution in [2.45, 2.75) is 32.5 Å². The summed E-state index contributed by atoms with van der Waals surface area (Å²) in [7, 11) is 0. The molecule has 0 fully saturated rings. The van der Waals surface area contributed by atoms with Gasteiger partial charge in [-0.1, -0.05) is 43.0 Å². The van der Waals surface area contributed by atoms with Crippen molar-refractivity contribution in [3.63, 3.8) is 0 Å². The number of halogens is 3. The van der Waals surface area contributed by atoms with E-state index in [1.807, 2.05) is 43.3 Å². The SMILES string of the molecule is C=C(C(=O)OC(C)(C)COc1c(C)ccc2ccccc12)C(F)(F)F. The smallest absolute Gasteiger partial charge is 0.422 e. The Labute approximate surface area is 144 Å². The van der Waals surface area contributed by atoms with Gasteiger partial charge in [0.25, 0.3) is 0 Å². The van der Waals surface area contributed by atoms with Crippen LogP contribution < -0.4 is 4.74 Å². The molecule has 0 unspecified atom stereocenters. The van der Waals surface area contributed by atoms with Gasteiger partial charge in [0.1, 0.15) is 23.5 Å². The third-order valence-electron chi connectivity index (χ3n) is 3.60. The molecule has 3 nitrogen and oxygen atoms in total. The highest BCUT2D eigenvalue weighted by molar-refractivity contribution is 5.90. The van der Waals surface area contributed by atoms with E-state index in [0.29, 0.717) is 5.75 Å². The highest BCUT2D eigenvalue weighted by Gasteiger charge is 2.40. The highest BCUT2D eigenvalue weighted by Crippen LogP contribution is 2.31. The summed E-state index contributed by atoms with van der Waals surface area (Å²) in [5.41, 5.74) is -1.92. The number of ether oxygens (including phenoxy) is 2. The summed E-state index contributed by atoms with van der Waals surface area (Å²) in [6, 6.07) is 11.4. The number of fused-ring (bicyclic) bond motifs is 1. The summed E-state index contributed by atoms with van der Waals surface area (Å²) in [6.07, 6.45) is -4.82. The van der Waals surface area contributed by atoms with E-state index in [4.69, 9.17) is 9.47 Å². The quantitative estimate of drug-likeness (QED) is 0.563. The molecular formula is C19H19F3O3. The van der Waals surface area contributed by atoms with Crippen LogP contribution in [0, 0.1) is 6.92 Å². The van der Waals surface area contributed by atoms with E-state index in [-0.39, 0.29) is 6.61 Å². The molecule has 0 atom stereocenters. The predicted molar refractivity (Wildman–Crippen MR) is 89.5 cm³/mol. The van der Waals surface area contributed by atoms with Gasteiger partial charge in [-0.05, 0) is 31.7 Å². The number of rotatable bonds is 5. The van der Waals surface area contributed by atoms with Crippen molar-refractivity contribution < 1.29 is 27.4 Å². The molecule has 0 spiro atoms. The van der Waals surface area contributed by atoms with E-state index in [1.54, 1.807) is 0 Å². The normalized spacial score (nSPS) is 12.1. The van der Waals surface area contributed by atoms with E-state index in [1.165, 1.54) is 13.8 Å². The number of carbonyl (C=O) groups excluding carboxylic acids is 1. The lowest BCUT2D eigenvalue weighted by Crippen LogP contribution is -2.37. The molecule has 0 aliphatic carbocycles. The van der Waals surface area contributed by atoms with Crippen LogP contribution in [0.4, 0.5) is 13.2 Å². The molecule has 0 bridgehead atoms. The Morgan fingerprint density at radius 2 is 1.76 bits per heavy atom. The predicted octanol–water partition coefficient (Wildman–Crippen LogP) is 4.97. The number of benzene rings is 2. The van der Waals surface area contributed by atoms with Gasteiger partial charge in [-0.15, -0.1) is 0 Å². The molecule has 134 valence electrons. The van der Waals surface area contributed by atoms with E-state index < -0.39 is 23.3 Å². The van der Waals surface area contributed by atoms with Gasteiger partial charge >= 0.3 is 12.1 Å². The maximum atomic E-state index is 12.5. The first-order chi connectivity index (χ1) is 11.5. The highest BCUT2D eigenvalue weighted by atomic mass is 19.4. The van der Waals surface area contributed by atoms with Gasteiger partial charge in [0, 0.05) is 5.39 Å². The molecule has 0 saturated carbocycles. The minimum atomic E-state index is -4.82. The van der Waals surface area contributed by atoms with Crippen molar-refractivity contribution in [2.24, 2.45) is 0 Å². The summed E-state index contributed by atoms with van der Waals surface area (Å²) in [5, 5.41) is 1.85. The third kappa shape index (κ3) is 4.53. The summed E-state index contributed by atoms with van der Waals surface area (Å²) in [5.74, 6) is -0.896. The molecule has 0 aromatic heterocycles. The fraction of sp³-hybridized carbons (Fsp3) is 0.316. The topological polar surface area (TPSA) is 35.5 Å². The van der Waals surface area contributed by atoms with Crippen molar-refractivity contribution in [3.8, 4) is 5.75 Å². The van der Waals surface area contributed by atoms with Gasteiger partial charge < -0.3 is 9.47 Å². The molecule has 2 aromatic rings. The average molecular weight is 352 g/mol. The molecule has 0 radical (unpaired) electrons. The summed E-state index contributed by atoms with van der Waals surface area (Å²) in [4.78, 5) is 11.6. The Morgan fingerprint density at radius 3 is 2.40 bits per heavy atom. The second kappa shape index (κ2) is 6.78. The molecule has 0 N–H and O–H groups in total. The van der Waals surface area contributed by atoms with Gasteiger partial charge in [-0.2, -0.15) is 13.2 Å². The average Bonchev–Trinajstić information content (AvgIpc) is 2.51. The van der Waals surface area contributed by atoms with Crippen LogP contribution in [0.3, 0.4) is 0 Å². The molecule has 2 rings (SSSR count). The van der Waals surface area contributed by atoms with Crippen molar-refractivity contribution in [2.75, 3.05) is 6.61 Å². The van der Waals surface area contributed by atoms with E-state index in [2.05, 4.69) is 6.58 Å². The van der Waals surface area contributed by atoms with Crippen molar-refractivity contribution in [3.05, 3.63) is 54.1 Å². The fourth-order valence-corrected chi connectivity index (χ4v) is 2.25. The van der Waals surface area contributed by atoms with Crippen LogP contribution in [0.5, 0.6) is 5.75 Å².